The number of piperidine rings is 2. The minimum Gasteiger partial charge on any atom is -0.478 e. The van der Waals surface area contributed by atoms with Gasteiger partial charge in [0.1, 0.15) is 21.7 Å². The molecule has 332 valence electrons. The number of anilines is 2. The molecular weight excluding hydrogens is 880 g/mol. The van der Waals surface area contributed by atoms with E-state index in [1.54, 1.807) is 49.4 Å². The lowest BCUT2D eigenvalue weighted by Crippen LogP contribution is -2.30. The fourth-order valence-electron chi connectivity index (χ4n) is 6.82. The number of thiazole rings is 2. The van der Waals surface area contributed by atoms with Crippen molar-refractivity contribution in [2.75, 3.05) is 49.1 Å². The number of hydrogen-bond acceptors (Lipinski definition) is 13. The van der Waals surface area contributed by atoms with Gasteiger partial charge in [-0.2, -0.15) is 0 Å². The van der Waals surface area contributed by atoms with Gasteiger partial charge in [-0.15, -0.1) is 22.7 Å². The number of carbonyl (C=O) groups is 2. The molecule has 2 saturated heterocycles. The van der Waals surface area contributed by atoms with Gasteiger partial charge in [-0.1, -0.05) is 35.3 Å². The molecule has 0 saturated carbocycles. The monoisotopic (exact) mass is 930 g/mol. The van der Waals surface area contributed by atoms with Crippen LogP contribution in [-0.4, -0.2) is 98.6 Å². The molecule has 13 nitrogen and oxygen atoms in total. The first-order chi connectivity index (χ1) is 30.4. The summed E-state index contributed by atoms with van der Waals surface area (Å²) in [6.07, 6.45) is 10.1. The number of aromatic carboxylic acids is 1. The number of aromatic nitrogens is 4. The van der Waals surface area contributed by atoms with Crippen molar-refractivity contribution in [3.8, 4) is 43.7 Å². The molecule has 6 N–H and O–H groups in total. The third-order valence-corrected chi connectivity index (χ3v) is 12.7. The second kappa shape index (κ2) is 23.1. The van der Waals surface area contributed by atoms with Crippen LogP contribution in [0.5, 0.6) is 0 Å². The van der Waals surface area contributed by atoms with Gasteiger partial charge in [-0.05, 0) is 101 Å². The molecule has 2 atom stereocenters. The molecule has 4 aromatic heterocycles. The molecule has 2 aromatic carbocycles. The highest BCUT2D eigenvalue weighted by Gasteiger charge is 2.18. The van der Waals surface area contributed by atoms with E-state index in [0.29, 0.717) is 22.2 Å². The van der Waals surface area contributed by atoms with Gasteiger partial charge < -0.3 is 36.2 Å². The van der Waals surface area contributed by atoms with Gasteiger partial charge in [-0.3, -0.25) is 4.79 Å². The molecule has 0 spiro atoms. The highest BCUT2D eigenvalue weighted by Crippen LogP contribution is 2.36. The minimum absolute atomic E-state index is 0.166. The average molecular weight is 932 g/mol. The number of halogens is 2. The molecule has 2 unspecified atom stereocenters. The minimum atomic E-state index is -0.996. The van der Waals surface area contributed by atoms with Crippen LogP contribution in [0.25, 0.3) is 43.7 Å². The van der Waals surface area contributed by atoms with Crippen LogP contribution in [0.4, 0.5) is 11.6 Å². The third kappa shape index (κ3) is 13.3. The Morgan fingerprint density at radius 2 is 1.14 bits per heavy atom. The normalized spacial score (nSPS) is 14.7. The number of carboxylic acids is 1. The van der Waals surface area contributed by atoms with E-state index < -0.39 is 12.1 Å². The summed E-state index contributed by atoms with van der Waals surface area (Å²) in [7, 11) is 0. The summed E-state index contributed by atoms with van der Waals surface area (Å²) >= 11 is 15.8. The van der Waals surface area contributed by atoms with Crippen molar-refractivity contribution < 1.29 is 24.9 Å². The maximum atomic E-state index is 12.2. The lowest BCUT2D eigenvalue weighted by atomic mass is 10.1. The maximum absolute atomic E-state index is 12.2. The molecule has 17 heteroatoms. The predicted molar refractivity (Wildman–Crippen MR) is 255 cm³/mol. The zero-order chi connectivity index (χ0) is 44.9. The van der Waals surface area contributed by atoms with Crippen molar-refractivity contribution in [2.24, 2.45) is 5.73 Å². The van der Waals surface area contributed by atoms with Crippen LogP contribution in [0.1, 0.15) is 73.1 Å². The molecule has 2 aliphatic rings. The van der Waals surface area contributed by atoms with Crippen LogP contribution in [0.2, 0.25) is 10.0 Å². The molecular formula is C46H52Cl2N8O5S2. The first kappa shape index (κ1) is 47.5. The summed E-state index contributed by atoms with van der Waals surface area (Å²) < 4.78 is 0. The Labute approximate surface area is 385 Å². The topological polar surface area (TPSA) is 191 Å². The lowest BCUT2D eigenvalue weighted by molar-refractivity contribution is 0.0696. The van der Waals surface area contributed by atoms with E-state index >= 15 is 0 Å². The van der Waals surface area contributed by atoms with Crippen molar-refractivity contribution in [3.63, 3.8) is 0 Å². The van der Waals surface area contributed by atoms with E-state index in [0.717, 1.165) is 81.5 Å². The zero-order valence-corrected chi connectivity index (χ0v) is 38.4. The zero-order valence-electron chi connectivity index (χ0n) is 35.2. The van der Waals surface area contributed by atoms with Crippen LogP contribution < -0.4 is 20.9 Å². The van der Waals surface area contributed by atoms with E-state index in [4.69, 9.17) is 49.1 Å². The molecule has 0 radical (unpaired) electrons. The van der Waals surface area contributed by atoms with Crippen molar-refractivity contribution in [1.29, 1.82) is 0 Å². The molecule has 1 amide bonds. The summed E-state index contributed by atoms with van der Waals surface area (Å²) in [6.45, 7) is 8.02. The van der Waals surface area contributed by atoms with Crippen LogP contribution in [0.3, 0.4) is 0 Å². The SMILES string of the molecule is CC(O)CN.CC(O)CNC(=O)c1ccc(-c2csc(-c3ccnc(N4CCCCC4)c3)n2)c(Cl)c1.O=C(O)c1ccc(-c2csc(-c3ccnc(N4CCCCC4)c3)n2)c(Cl)c1. The lowest BCUT2D eigenvalue weighted by Gasteiger charge is -2.27. The number of carbonyl (C=O) groups excluding carboxylic acids is 1. The Kier molecular flexibility index (Phi) is 17.4. The maximum Gasteiger partial charge on any atom is 0.335 e. The van der Waals surface area contributed by atoms with Crippen LogP contribution in [0.15, 0.2) is 83.8 Å². The van der Waals surface area contributed by atoms with Gasteiger partial charge >= 0.3 is 5.97 Å². The summed E-state index contributed by atoms with van der Waals surface area (Å²) in [5, 5.41) is 35.9. The van der Waals surface area contributed by atoms with Gasteiger partial charge in [0.25, 0.3) is 5.91 Å². The third-order valence-electron chi connectivity index (χ3n) is 10.3. The van der Waals surface area contributed by atoms with Crippen molar-refractivity contribution in [1.82, 2.24) is 25.3 Å². The smallest absolute Gasteiger partial charge is 0.335 e. The van der Waals surface area contributed by atoms with Crippen molar-refractivity contribution >= 4 is 69.4 Å². The number of nitrogens with zero attached hydrogens (tertiary/aromatic N) is 6. The molecule has 2 fully saturated rings. The van der Waals surface area contributed by atoms with Gasteiger partial charge in [-0.25, -0.2) is 24.7 Å². The summed E-state index contributed by atoms with van der Waals surface area (Å²) in [5.74, 6) is 0.729. The molecule has 63 heavy (non-hydrogen) atoms. The first-order valence-corrected chi connectivity index (χ1v) is 23.4. The van der Waals surface area contributed by atoms with Gasteiger partial charge in [0.2, 0.25) is 0 Å². The standard InChI is InChI=1S/C23H25ClN4O2S.C20H18ClN3O2S.C3H9NO/c1-15(29)13-26-22(30)16-5-6-18(19(24)11-16)20-14-31-23(27-20)17-7-8-25-21(12-17)28-9-3-2-4-10-28;21-16-10-14(20(25)26)4-5-15(16)17-12-27-19(23-17)13-6-7-22-18(11-13)24-8-2-1-3-9-24;1-3(5)2-4/h5-8,11-12,14-15,29H,2-4,9-10,13H2,1H3,(H,26,30);4-7,10-12H,1-3,8-9H2,(H,25,26);3,5H,2,4H2,1H3. The fraction of sp³-hybridized carbons (Fsp3) is 0.348. The number of nitrogens with one attached hydrogen (secondary N) is 1. The summed E-state index contributed by atoms with van der Waals surface area (Å²) in [5.41, 5.74) is 10.6. The van der Waals surface area contributed by atoms with Crippen molar-refractivity contribution in [3.05, 3.63) is 105 Å². The van der Waals surface area contributed by atoms with E-state index in [1.807, 2.05) is 41.4 Å². The Morgan fingerprint density at radius 1 is 0.698 bits per heavy atom. The number of pyridine rings is 2. The molecule has 2 aliphatic heterocycles. The summed E-state index contributed by atoms with van der Waals surface area (Å²) in [6, 6.07) is 18.0. The highest BCUT2D eigenvalue weighted by atomic mass is 35.5. The molecule has 0 aliphatic carbocycles. The Hall–Kier alpha value is -5.00. The quantitative estimate of drug-likeness (QED) is 0.0830. The number of rotatable bonds is 11. The van der Waals surface area contributed by atoms with E-state index in [1.165, 1.54) is 55.9 Å². The Bertz CT molecular complexity index is 2450. The van der Waals surface area contributed by atoms with E-state index in [2.05, 4.69) is 37.2 Å². The highest BCUT2D eigenvalue weighted by molar-refractivity contribution is 7.13. The molecule has 8 rings (SSSR count). The van der Waals surface area contributed by atoms with Crippen LogP contribution >= 0.6 is 45.9 Å². The Balaban J connectivity index is 0.000000191. The van der Waals surface area contributed by atoms with Crippen LogP contribution in [-0.2, 0) is 0 Å². The number of nitrogens with two attached hydrogens (primary N) is 1. The number of hydrogen-bond donors (Lipinski definition) is 5. The first-order valence-electron chi connectivity index (χ1n) is 20.9. The number of aliphatic hydroxyl groups excluding tert-OH is 2. The average Bonchev–Trinajstić information content (AvgIpc) is 4.01. The van der Waals surface area contributed by atoms with Gasteiger partial charge in [0, 0.05) is 90.2 Å². The number of carboxylic acid groups (broad SMARTS) is 1. The molecule has 6 aromatic rings. The molecule has 0 bridgehead atoms. The second-order valence-corrected chi connectivity index (χ2v) is 17.8. The fourth-order valence-corrected chi connectivity index (χ4v) is 9.01. The molecule has 6 heterocycles. The number of benzene rings is 2. The van der Waals surface area contributed by atoms with Gasteiger partial charge in [0.05, 0.1) is 39.2 Å². The van der Waals surface area contributed by atoms with Crippen molar-refractivity contribution in [2.45, 2.75) is 64.6 Å². The van der Waals surface area contributed by atoms with E-state index in [9.17, 15) is 14.7 Å². The number of aliphatic hydroxyl groups is 2. The van der Waals surface area contributed by atoms with E-state index in [-0.39, 0.29) is 24.1 Å². The van der Waals surface area contributed by atoms with Gasteiger partial charge in [0.15, 0.2) is 0 Å². The second-order valence-electron chi connectivity index (χ2n) is 15.3. The summed E-state index contributed by atoms with van der Waals surface area (Å²) in [4.78, 5) is 46.5. The Morgan fingerprint density at radius 3 is 1.56 bits per heavy atom. The largest absolute Gasteiger partial charge is 0.478 e. The number of amides is 1. The predicted octanol–water partition coefficient (Wildman–Crippen LogP) is 9.17. The van der Waals surface area contributed by atoms with Crippen LogP contribution in [0, 0.1) is 0 Å².